The molecule has 0 aliphatic carbocycles. The van der Waals surface area contributed by atoms with E-state index in [4.69, 9.17) is 55.6 Å². The highest BCUT2D eigenvalue weighted by molar-refractivity contribution is 6.37. The van der Waals surface area contributed by atoms with Crippen LogP contribution in [-0.2, 0) is 6.61 Å². The second kappa shape index (κ2) is 8.85. The van der Waals surface area contributed by atoms with Gasteiger partial charge in [0.25, 0.3) is 0 Å². The summed E-state index contributed by atoms with van der Waals surface area (Å²) in [5.74, 6) is 1.29. The second-order valence-electron chi connectivity index (χ2n) is 5.49. The molecule has 0 saturated heterocycles. The van der Waals surface area contributed by atoms with Gasteiger partial charge in [-0.25, -0.2) is 0 Å². The Morgan fingerprint density at radius 1 is 0.926 bits per heavy atom. The molecular weight excluding hydrogens is 430 g/mol. The highest BCUT2D eigenvalue weighted by Crippen LogP contribution is 2.28. The molecule has 0 spiro atoms. The van der Waals surface area contributed by atoms with E-state index in [1.54, 1.807) is 48.5 Å². The van der Waals surface area contributed by atoms with Crippen LogP contribution in [-0.4, -0.2) is 5.78 Å². The minimum absolute atomic E-state index is 0.171. The molecule has 0 saturated carbocycles. The lowest BCUT2D eigenvalue weighted by Crippen LogP contribution is -1.95. The normalized spacial score (nSPS) is 11.1. The highest BCUT2D eigenvalue weighted by Gasteiger charge is 2.09. The standard InChI is InChI=1S/C20H12Cl4O3/c21-12-1-6-16(18(24)9-12)19(25)8-5-14-3-4-15(27-14)11-26-20-10-13(22)2-7-17(20)23/h1-10H,11H2/b8-5+. The number of allylic oxidation sites excluding steroid dienone is 1. The van der Waals surface area contributed by atoms with Crippen molar-refractivity contribution in [3.8, 4) is 5.75 Å². The van der Waals surface area contributed by atoms with Gasteiger partial charge < -0.3 is 9.15 Å². The first-order valence-corrected chi connectivity index (χ1v) is 9.27. The predicted octanol–water partition coefficient (Wildman–Crippen LogP) is 7.37. The maximum Gasteiger partial charge on any atom is 0.187 e. The Bertz CT molecular complexity index is 1010. The molecule has 0 atom stereocenters. The lowest BCUT2D eigenvalue weighted by molar-refractivity contribution is 0.104. The van der Waals surface area contributed by atoms with Crippen LogP contribution in [0.1, 0.15) is 21.9 Å². The Morgan fingerprint density at radius 2 is 1.67 bits per heavy atom. The van der Waals surface area contributed by atoms with Gasteiger partial charge in [-0.15, -0.1) is 0 Å². The van der Waals surface area contributed by atoms with Gasteiger partial charge in [0, 0.05) is 21.7 Å². The highest BCUT2D eigenvalue weighted by atomic mass is 35.5. The first-order chi connectivity index (χ1) is 12.9. The fourth-order valence-corrected chi connectivity index (χ4v) is 3.07. The number of ketones is 1. The molecular formula is C20H12Cl4O3. The molecule has 0 aliphatic rings. The zero-order valence-corrected chi connectivity index (χ0v) is 16.7. The number of rotatable bonds is 6. The van der Waals surface area contributed by atoms with Gasteiger partial charge >= 0.3 is 0 Å². The smallest absolute Gasteiger partial charge is 0.187 e. The average Bonchev–Trinajstić information content (AvgIpc) is 3.08. The van der Waals surface area contributed by atoms with Crippen molar-refractivity contribution >= 4 is 58.3 Å². The average molecular weight is 442 g/mol. The van der Waals surface area contributed by atoms with Gasteiger partial charge in [-0.2, -0.15) is 0 Å². The summed E-state index contributed by atoms with van der Waals surface area (Å²) in [4.78, 5) is 12.2. The van der Waals surface area contributed by atoms with Crippen molar-refractivity contribution in [2.45, 2.75) is 6.61 Å². The van der Waals surface area contributed by atoms with Gasteiger partial charge in [0.2, 0.25) is 0 Å². The Hall–Kier alpha value is -1.91. The van der Waals surface area contributed by atoms with Crippen LogP contribution in [0.2, 0.25) is 20.1 Å². The fraction of sp³-hybridized carbons (Fsp3) is 0.0500. The van der Waals surface area contributed by atoms with Crippen LogP contribution in [0.4, 0.5) is 0 Å². The first-order valence-electron chi connectivity index (χ1n) is 7.76. The maximum absolute atomic E-state index is 12.2. The summed E-state index contributed by atoms with van der Waals surface area (Å²) in [6.45, 7) is 0.171. The van der Waals surface area contributed by atoms with Crippen molar-refractivity contribution in [1.82, 2.24) is 0 Å². The van der Waals surface area contributed by atoms with Crippen LogP contribution in [0.3, 0.4) is 0 Å². The summed E-state index contributed by atoms with van der Waals surface area (Å²) in [6.07, 6.45) is 2.94. The summed E-state index contributed by atoms with van der Waals surface area (Å²) >= 11 is 23.8. The molecule has 1 aromatic heterocycles. The summed E-state index contributed by atoms with van der Waals surface area (Å²) in [5, 5.41) is 1.74. The summed E-state index contributed by atoms with van der Waals surface area (Å²) in [5.41, 5.74) is 0.364. The zero-order valence-electron chi connectivity index (χ0n) is 13.7. The number of hydrogen-bond donors (Lipinski definition) is 0. The molecule has 0 N–H and O–H groups in total. The Labute approximate surface area is 176 Å². The number of ether oxygens (including phenoxy) is 1. The van der Waals surface area contributed by atoms with Gasteiger partial charge in [0.1, 0.15) is 23.9 Å². The van der Waals surface area contributed by atoms with Crippen LogP contribution in [0.5, 0.6) is 5.75 Å². The van der Waals surface area contributed by atoms with E-state index in [1.165, 1.54) is 12.1 Å². The van der Waals surface area contributed by atoms with Crippen LogP contribution >= 0.6 is 46.4 Å². The van der Waals surface area contributed by atoms with Crippen LogP contribution in [0, 0.1) is 0 Å². The number of carbonyl (C=O) groups excluding carboxylic acids is 1. The molecule has 138 valence electrons. The number of furan rings is 1. The molecule has 3 rings (SSSR count). The third-order valence-electron chi connectivity index (χ3n) is 3.54. The molecule has 27 heavy (non-hydrogen) atoms. The molecule has 7 heteroatoms. The minimum Gasteiger partial charge on any atom is -0.484 e. The molecule has 0 unspecified atom stereocenters. The Kier molecular flexibility index (Phi) is 6.51. The zero-order chi connectivity index (χ0) is 19.4. The van der Waals surface area contributed by atoms with E-state index < -0.39 is 0 Å². The van der Waals surface area contributed by atoms with Gasteiger partial charge in [-0.1, -0.05) is 46.4 Å². The molecule has 0 amide bonds. The molecule has 2 aromatic carbocycles. The van der Waals surface area contributed by atoms with Crippen LogP contribution < -0.4 is 4.74 Å². The van der Waals surface area contributed by atoms with Crippen molar-refractivity contribution in [3.05, 3.63) is 91.8 Å². The molecule has 1 heterocycles. The van der Waals surface area contributed by atoms with Crippen molar-refractivity contribution in [2.75, 3.05) is 0 Å². The largest absolute Gasteiger partial charge is 0.484 e. The van der Waals surface area contributed by atoms with Crippen molar-refractivity contribution in [2.24, 2.45) is 0 Å². The fourth-order valence-electron chi connectivity index (χ4n) is 2.24. The van der Waals surface area contributed by atoms with Crippen molar-refractivity contribution in [1.29, 1.82) is 0 Å². The van der Waals surface area contributed by atoms with E-state index in [1.807, 2.05) is 0 Å². The van der Waals surface area contributed by atoms with Crippen LogP contribution in [0.25, 0.3) is 6.08 Å². The third kappa shape index (κ3) is 5.30. The molecule has 0 fully saturated rings. The first kappa shape index (κ1) is 19.8. The van der Waals surface area contributed by atoms with Crippen molar-refractivity contribution < 1.29 is 13.9 Å². The Morgan fingerprint density at radius 3 is 2.44 bits per heavy atom. The third-order valence-corrected chi connectivity index (χ3v) is 4.64. The van der Waals surface area contributed by atoms with Gasteiger partial charge in [-0.3, -0.25) is 4.79 Å². The summed E-state index contributed by atoms with van der Waals surface area (Å²) < 4.78 is 11.2. The van der Waals surface area contributed by atoms with E-state index in [9.17, 15) is 4.79 Å². The van der Waals surface area contributed by atoms with Gasteiger partial charge in [0.15, 0.2) is 5.78 Å². The molecule has 3 nitrogen and oxygen atoms in total. The molecule has 0 aliphatic heterocycles. The topological polar surface area (TPSA) is 39.4 Å². The lowest BCUT2D eigenvalue weighted by atomic mass is 10.1. The minimum atomic E-state index is -0.253. The maximum atomic E-state index is 12.2. The number of halogens is 4. The molecule has 0 bridgehead atoms. The van der Waals surface area contributed by atoms with Crippen LogP contribution in [0.15, 0.2) is 59.0 Å². The Balaban J connectivity index is 1.64. The lowest BCUT2D eigenvalue weighted by Gasteiger charge is -2.06. The van der Waals surface area contributed by atoms with E-state index >= 15 is 0 Å². The van der Waals surface area contributed by atoms with Crippen molar-refractivity contribution in [3.63, 3.8) is 0 Å². The summed E-state index contributed by atoms with van der Waals surface area (Å²) in [7, 11) is 0. The quantitative estimate of drug-likeness (QED) is 0.296. The summed E-state index contributed by atoms with van der Waals surface area (Å²) in [6, 6.07) is 13.1. The van der Waals surface area contributed by atoms with E-state index in [0.29, 0.717) is 42.9 Å². The van der Waals surface area contributed by atoms with E-state index in [2.05, 4.69) is 0 Å². The van der Waals surface area contributed by atoms with Gasteiger partial charge in [0.05, 0.1) is 10.0 Å². The van der Waals surface area contributed by atoms with Gasteiger partial charge in [-0.05, 0) is 54.6 Å². The predicted molar refractivity (Wildman–Crippen MR) is 109 cm³/mol. The number of benzene rings is 2. The molecule has 3 aromatic rings. The second-order valence-corrected chi connectivity index (χ2v) is 7.18. The number of hydrogen-bond acceptors (Lipinski definition) is 3. The molecule has 0 radical (unpaired) electrons. The SMILES string of the molecule is O=C(/C=C/c1ccc(COc2cc(Cl)ccc2Cl)o1)c1ccc(Cl)cc1Cl. The monoisotopic (exact) mass is 440 g/mol. The van der Waals surface area contributed by atoms with E-state index in [-0.39, 0.29) is 12.4 Å². The van der Waals surface area contributed by atoms with E-state index in [0.717, 1.165) is 0 Å². The number of carbonyl (C=O) groups is 1.